The monoisotopic (exact) mass is 1000 g/mol. The molecule has 0 radical (unpaired) electrons. The lowest BCUT2D eigenvalue weighted by molar-refractivity contribution is -0.194. The number of halogens is 2. The van der Waals surface area contributed by atoms with E-state index < -0.39 is 22.4 Å². The third-order valence-corrected chi connectivity index (χ3v) is 16.2. The Kier molecular flexibility index (Phi) is 11.1. The first-order valence-corrected chi connectivity index (χ1v) is 24.2. The maximum atomic E-state index is 14.3. The summed E-state index contributed by atoms with van der Waals surface area (Å²) in [6, 6.07) is 50.2. The molecule has 6 aromatic carbocycles. The quantitative estimate of drug-likeness (QED) is 0.161. The molecule has 10 heteroatoms. The van der Waals surface area contributed by atoms with E-state index in [1.807, 2.05) is 133 Å². The lowest BCUT2D eigenvalue weighted by Gasteiger charge is -2.51. The van der Waals surface area contributed by atoms with Crippen LogP contribution in [0.1, 0.15) is 113 Å². The molecule has 66 heavy (non-hydrogen) atoms. The molecule has 2 heterocycles. The number of ketones is 4. The molecule has 0 bridgehead atoms. The van der Waals surface area contributed by atoms with E-state index in [0.717, 1.165) is 31.2 Å². The fraction of sp³-hybridized carbons (Fsp3) is 0.286. The SMILES string of the molecule is O=C1c2ccccc2C(=O)C12[C@@H](c1ccccc1)CC1(C[C@H]2c2ccc(Br)cc2)OCCO1.O=C1c2ccccc2C(=O)C12[C@@H](c1ccccc1)CC1(C[C@H]2c2ccc(Br)cc2)OCCO1. The van der Waals surface area contributed by atoms with Crippen molar-refractivity contribution >= 4 is 55.0 Å². The smallest absolute Gasteiger partial charge is 0.178 e. The van der Waals surface area contributed by atoms with E-state index in [2.05, 4.69) is 31.9 Å². The van der Waals surface area contributed by atoms with E-state index >= 15 is 0 Å². The highest BCUT2D eigenvalue weighted by molar-refractivity contribution is 9.10. The minimum absolute atomic E-state index is 0.0854. The molecular formula is C56H46Br2O8. The van der Waals surface area contributed by atoms with Crippen LogP contribution >= 0.6 is 31.9 Å². The second-order valence-corrected chi connectivity index (χ2v) is 20.1. The number of carbonyl (C=O) groups is 4. The van der Waals surface area contributed by atoms with Gasteiger partial charge in [-0.2, -0.15) is 0 Å². The number of Topliss-reactive ketones (excluding diaryl/α,β-unsaturated/α-hetero) is 4. The van der Waals surface area contributed by atoms with Gasteiger partial charge in [0, 0.05) is 80.6 Å². The Labute approximate surface area is 400 Å². The van der Waals surface area contributed by atoms with Gasteiger partial charge in [-0.3, -0.25) is 19.2 Å². The third-order valence-electron chi connectivity index (χ3n) is 15.2. The molecule has 4 spiro atoms. The van der Waals surface area contributed by atoms with Crippen LogP contribution < -0.4 is 0 Å². The Balaban J connectivity index is 0.000000146. The molecule has 6 aliphatic rings. The summed E-state index contributed by atoms with van der Waals surface area (Å²) in [5.41, 5.74) is 3.45. The van der Waals surface area contributed by atoms with Gasteiger partial charge in [-0.15, -0.1) is 0 Å². The van der Waals surface area contributed by atoms with Gasteiger partial charge in [-0.25, -0.2) is 0 Å². The van der Waals surface area contributed by atoms with Gasteiger partial charge in [-0.1, -0.05) is 165 Å². The Hall–Kier alpha value is -5.20. The fourth-order valence-electron chi connectivity index (χ4n) is 12.4. The number of benzene rings is 6. The van der Waals surface area contributed by atoms with Crippen LogP contribution in [0.2, 0.25) is 0 Å². The van der Waals surface area contributed by atoms with Crippen LogP contribution in [0.3, 0.4) is 0 Å². The zero-order valence-corrected chi connectivity index (χ0v) is 39.2. The summed E-state index contributed by atoms with van der Waals surface area (Å²) in [6.45, 7) is 2.07. The highest BCUT2D eigenvalue weighted by Crippen LogP contribution is 2.66. The van der Waals surface area contributed by atoms with E-state index in [-0.39, 0.29) is 46.8 Å². The summed E-state index contributed by atoms with van der Waals surface area (Å²) in [7, 11) is 0. The maximum Gasteiger partial charge on any atom is 0.178 e. The summed E-state index contributed by atoms with van der Waals surface area (Å²) in [4.78, 5) is 57.2. The van der Waals surface area contributed by atoms with Crippen LogP contribution in [-0.4, -0.2) is 61.1 Å². The summed E-state index contributed by atoms with van der Waals surface area (Å²) < 4.78 is 26.7. The molecule has 2 saturated heterocycles. The molecule has 6 aromatic rings. The molecular weight excluding hydrogens is 960 g/mol. The van der Waals surface area contributed by atoms with Gasteiger partial charge < -0.3 is 18.9 Å². The molecule has 4 fully saturated rings. The minimum atomic E-state index is -1.24. The standard InChI is InChI=1S/2C28H23BrO4/c2*29-20-12-10-19(11-13-20)24-17-27(32-14-15-33-27)16-23(18-6-2-1-3-7-18)28(24)25(30)21-8-4-5-9-22(21)26(28)31/h2*1-13,23-24H,14-17H2/t2*23-,24+/m11/s1. The van der Waals surface area contributed by atoms with E-state index in [1.54, 1.807) is 24.3 Å². The maximum absolute atomic E-state index is 14.3. The van der Waals surface area contributed by atoms with Gasteiger partial charge in [-0.05, 0) is 46.5 Å². The molecule has 0 aromatic heterocycles. The topological polar surface area (TPSA) is 105 Å². The van der Waals surface area contributed by atoms with Crippen molar-refractivity contribution in [2.75, 3.05) is 26.4 Å². The lowest BCUT2D eigenvalue weighted by Crippen LogP contribution is -2.54. The second kappa shape index (κ2) is 16.8. The van der Waals surface area contributed by atoms with E-state index in [4.69, 9.17) is 18.9 Å². The molecule has 8 nitrogen and oxygen atoms in total. The van der Waals surface area contributed by atoms with Gasteiger partial charge in [0.05, 0.1) is 26.4 Å². The largest absolute Gasteiger partial charge is 0.347 e. The van der Waals surface area contributed by atoms with Crippen LogP contribution in [0, 0.1) is 10.8 Å². The number of carbonyl (C=O) groups excluding carboxylic acids is 4. The van der Waals surface area contributed by atoms with Crippen LogP contribution in [0.15, 0.2) is 167 Å². The Morgan fingerprint density at radius 1 is 0.333 bits per heavy atom. The van der Waals surface area contributed by atoms with Crippen LogP contribution in [0.25, 0.3) is 0 Å². The molecule has 0 unspecified atom stereocenters. The lowest BCUT2D eigenvalue weighted by atomic mass is 9.53. The summed E-state index contributed by atoms with van der Waals surface area (Å²) >= 11 is 7.03. The molecule has 2 aliphatic heterocycles. The Bertz CT molecular complexity index is 2580. The summed E-state index contributed by atoms with van der Waals surface area (Å²) in [6.07, 6.45) is 1.86. The fourth-order valence-corrected chi connectivity index (χ4v) is 12.9. The number of hydrogen-bond acceptors (Lipinski definition) is 8. The van der Waals surface area contributed by atoms with Crippen LogP contribution in [0.5, 0.6) is 0 Å². The molecule has 4 aliphatic carbocycles. The first-order valence-electron chi connectivity index (χ1n) is 22.6. The van der Waals surface area contributed by atoms with Crippen molar-refractivity contribution in [2.24, 2.45) is 10.8 Å². The molecule has 0 N–H and O–H groups in total. The van der Waals surface area contributed by atoms with Crippen molar-refractivity contribution < 1.29 is 38.1 Å². The zero-order valence-electron chi connectivity index (χ0n) is 36.0. The predicted molar refractivity (Wildman–Crippen MR) is 255 cm³/mol. The second-order valence-electron chi connectivity index (χ2n) is 18.3. The number of ether oxygens (including phenoxy) is 4. The summed E-state index contributed by atoms with van der Waals surface area (Å²) in [5.74, 6) is -3.45. The van der Waals surface area contributed by atoms with Crippen molar-refractivity contribution in [1.82, 2.24) is 0 Å². The van der Waals surface area contributed by atoms with Gasteiger partial charge in [0.1, 0.15) is 10.8 Å². The van der Waals surface area contributed by atoms with Crippen LogP contribution in [-0.2, 0) is 18.9 Å². The summed E-state index contributed by atoms with van der Waals surface area (Å²) in [5, 5.41) is 0. The van der Waals surface area contributed by atoms with Gasteiger partial charge in [0.15, 0.2) is 34.7 Å². The Morgan fingerprint density at radius 2 is 0.576 bits per heavy atom. The predicted octanol–water partition coefficient (Wildman–Crippen LogP) is 11.8. The average molecular weight is 1010 g/mol. The third kappa shape index (κ3) is 6.73. The highest BCUT2D eigenvalue weighted by atomic mass is 79.9. The highest BCUT2D eigenvalue weighted by Gasteiger charge is 2.69. The molecule has 2 saturated carbocycles. The van der Waals surface area contributed by atoms with Crippen LogP contribution in [0.4, 0.5) is 0 Å². The van der Waals surface area contributed by atoms with Gasteiger partial charge >= 0.3 is 0 Å². The van der Waals surface area contributed by atoms with Crippen molar-refractivity contribution in [2.45, 2.75) is 60.9 Å². The number of hydrogen-bond donors (Lipinski definition) is 0. The Morgan fingerprint density at radius 3 is 0.848 bits per heavy atom. The van der Waals surface area contributed by atoms with E-state index in [0.29, 0.717) is 74.4 Å². The van der Waals surface area contributed by atoms with E-state index in [1.165, 1.54) is 0 Å². The van der Waals surface area contributed by atoms with Gasteiger partial charge in [0.25, 0.3) is 0 Å². The average Bonchev–Trinajstić information content (AvgIpc) is 4.12. The zero-order chi connectivity index (χ0) is 45.3. The number of rotatable bonds is 4. The van der Waals surface area contributed by atoms with Crippen molar-refractivity contribution in [3.63, 3.8) is 0 Å². The molecule has 4 atom stereocenters. The van der Waals surface area contributed by atoms with Crippen molar-refractivity contribution in [3.8, 4) is 0 Å². The minimum Gasteiger partial charge on any atom is -0.347 e. The van der Waals surface area contributed by atoms with E-state index in [9.17, 15) is 19.2 Å². The molecule has 12 rings (SSSR count). The molecule has 0 amide bonds. The van der Waals surface area contributed by atoms with Crippen molar-refractivity contribution in [1.29, 1.82) is 0 Å². The molecule has 332 valence electrons. The van der Waals surface area contributed by atoms with Gasteiger partial charge in [0.2, 0.25) is 0 Å². The first-order chi connectivity index (χ1) is 32.1. The number of fused-ring (bicyclic) bond motifs is 2. The first kappa shape index (κ1) is 43.4. The normalized spacial score (nSPS) is 25.0. The van der Waals surface area contributed by atoms with Crippen molar-refractivity contribution in [3.05, 3.63) is 211 Å².